The van der Waals surface area contributed by atoms with Crippen molar-refractivity contribution in [3.05, 3.63) is 42.0 Å². The Morgan fingerprint density at radius 2 is 2.14 bits per heavy atom. The molecule has 0 saturated carbocycles. The molecule has 1 aromatic rings. The average Bonchev–Trinajstić information content (AvgIpc) is 2.54. The van der Waals surface area contributed by atoms with Crippen LogP contribution in [0.1, 0.15) is 17.9 Å². The van der Waals surface area contributed by atoms with Crippen LogP contribution in [0.5, 0.6) is 5.75 Å². The normalized spacial score (nSPS) is 28.1. The summed E-state index contributed by atoms with van der Waals surface area (Å²) in [6.07, 6.45) is 4.18. The van der Waals surface area contributed by atoms with Crippen molar-refractivity contribution in [3.8, 4) is 5.75 Å². The van der Waals surface area contributed by atoms with E-state index in [-0.39, 0.29) is 17.8 Å². The lowest BCUT2D eigenvalue weighted by atomic mass is 9.88. The molecule has 0 radical (unpaired) electrons. The Hall–Kier alpha value is -1.57. The number of hydrogen-bond donors (Lipinski definition) is 0. The van der Waals surface area contributed by atoms with Gasteiger partial charge in [0.25, 0.3) is 0 Å². The number of fused-ring (bicyclic) bond motifs is 3. The first-order chi connectivity index (χ1) is 6.84. The second kappa shape index (κ2) is 2.71. The summed E-state index contributed by atoms with van der Waals surface area (Å²) in [5.41, 5.74) is 1.21. The summed E-state index contributed by atoms with van der Waals surface area (Å²) in [5, 5.41) is 0. The predicted molar refractivity (Wildman–Crippen MR) is 52.4 cm³/mol. The van der Waals surface area contributed by atoms with Crippen LogP contribution >= 0.6 is 0 Å². The van der Waals surface area contributed by atoms with E-state index in [0.717, 1.165) is 5.75 Å². The Kier molecular flexibility index (Phi) is 1.51. The monoisotopic (exact) mass is 186 g/mol. The van der Waals surface area contributed by atoms with E-state index in [1.807, 2.05) is 24.3 Å². The third kappa shape index (κ3) is 1.00. The third-order valence-corrected chi connectivity index (χ3v) is 2.85. The van der Waals surface area contributed by atoms with E-state index >= 15 is 0 Å². The Morgan fingerprint density at radius 1 is 1.29 bits per heavy atom. The van der Waals surface area contributed by atoms with Gasteiger partial charge in [-0.2, -0.15) is 0 Å². The third-order valence-electron chi connectivity index (χ3n) is 2.85. The van der Waals surface area contributed by atoms with Gasteiger partial charge in [0.1, 0.15) is 11.9 Å². The summed E-state index contributed by atoms with van der Waals surface area (Å²) < 4.78 is 5.71. The molecule has 0 saturated heterocycles. The van der Waals surface area contributed by atoms with E-state index in [0.29, 0.717) is 6.42 Å². The number of hydrogen-bond acceptors (Lipinski definition) is 2. The standard InChI is InChI=1S/C12H10O2/c13-8-5-6-10-9-3-1-2-4-11(9)14-12(10)7-8/h1-6,10,12H,7H2. The molecular weight excluding hydrogens is 176 g/mol. The molecule has 0 fully saturated rings. The molecule has 14 heavy (non-hydrogen) atoms. The lowest BCUT2D eigenvalue weighted by Crippen LogP contribution is -2.24. The van der Waals surface area contributed by atoms with Crippen molar-refractivity contribution in [2.45, 2.75) is 18.4 Å². The van der Waals surface area contributed by atoms with Gasteiger partial charge in [0.05, 0.1) is 0 Å². The maximum atomic E-state index is 11.2. The van der Waals surface area contributed by atoms with Gasteiger partial charge in [-0.05, 0) is 12.1 Å². The topological polar surface area (TPSA) is 26.3 Å². The summed E-state index contributed by atoms with van der Waals surface area (Å²) in [7, 11) is 0. The van der Waals surface area contributed by atoms with Crippen LogP contribution in [-0.2, 0) is 4.79 Å². The Bertz CT molecular complexity index is 420. The van der Waals surface area contributed by atoms with Crippen molar-refractivity contribution in [2.75, 3.05) is 0 Å². The Balaban J connectivity index is 2.07. The molecule has 2 unspecified atom stereocenters. The molecule has 1 aliphatic heterocycles. The summed E-state index contributed by atoms with van der Waals surface area (Å²) in [6, 6.07) is 8.00. The van der Waals surface area contributed by atoms with Crippen molar-refractivity contribution in [1.82, 2.24) is 0 Å². The van der Waals surface area contributed by atoms with Gasteiger partial charge in [-0.25, -0.2) is 0 Å². The number of ether oxygens (including phenoxy) is 1. The fourth-order valence-corrected chi connectivity index (χ4v) is 2.17. The number of rotatable bonds is 0. The van der Waals surface area contributed by atoms with Crippen LogP contribution in [0.3, 0.4) is 0 Å². The van der Waals surface area contributed by atoms with E-state index in [1.165, 1.54) is 5.56 Å². The zero-order chi connectivity index (χ0) is 9.54. The van der Waals surface area contributed by atoms with Crippen LogP contribution in [0, 0.1) is 0 Å². The second-order valence-electron chi connectivity index (χ2n) is 3.75. The molecule has 2 nitrogen and oxygen atoms in total. The SMILES string of the molecule is O=C1C=CC2c3ccccc3OC2C1. The molecule has 0 N–H and O–H groups in total. The van der Waals surface area contributed by atoms with Gasteiger partial charge in [0, 0.05) is 17.9 Å². The molecular formula is C12H10O2. The lowest BCUT2D eigenvalue weighted by Gasteiger charge is -2.18. The van der Waals surface area contributed by atoms with Crippen LogP contribution in [-0.4, -0.2) is 11.9 Å². The van der Waals surface area contributed by atoms with Gasteiger partial charge >= 0.3 is 0 Å². The van der Waals surface area contributed by atoms with Gasteiger partial charge in [0.15, 0.2) is 5.78 Å². The van der Waals surface area contributed by atoms with Crippen molar-refractivity contribution in [3.63, 3.8) is 0 Å². The van der Waals surface area contributed by atoms with Crippen LogP contribution in [0.25, 0.3) is 0 Å². The van der Waals surface area contributed by atoms with Crippen LogP contribution in [0.4, 0.5) is 0 Å². The number of benzene rings is 1. The van der Waals surface area contributed by atoms with Crippen LogP contribution in [0.2, 0.25) is 0 Å². The van der Waals surface area contributed by atoms with Crippen molar-refractivity contribution < 1.29 is 9.53 Å². The molecule has 1 aromatic carbocycles. The first kappa shape index (κ1) is 7.80. The molecule has 2 aliphatic rings. The van der Waals surface area contributed by atoms with E-state index < -0.39 is 0 Å². The highest BCUT2D eigenvalue weighted by Crippen LogP contribution is 2.41. The van der Waals surface area contributed by atoms with Crippen molar-refractivity contribution in [1.29, 1.82) is 0 Å². The van der Waals surface area contributed by atoms with E-state index in [1.54, 1.807) is 6.08 Å². The van der Waals surface area contributed by atoms with Gasteiger partial charge < -0.3 is 4.74 Å². The number of carbonyl (C=O) groups excluding carboxylic acids is 1. The quantitative estimate of drug-likeness (QED) is 0.620. The average molecular weight is 186 g/mol. The summed E-state index contributed by atoms with van der Waals surface area (Å²) >= 11 is 0. The molecule has 2 atom stereocenters. The largest absolute Gasteiger partial charge is 0.489 e. The first-order valence-electron chi connectivity index (χ1n) is 4.81. The summed E-state index contributed by atoms with van der Waals surface area (Å²) in [6.45, 7) is 0. The highest BCUT2D eigenvalue weighted by molar-refractivity contribution is 5.91. The van der Waals surface area contributed by atoms with E-state index in [9.17, 15) is 4.79 Å². The minimum atomic E-state index is 0.0323. The van der Waals surface area contributed by atoms with E-state index in [2.05, 4.69) is 6.07 Å². The van der Waals surface area contributed by atoms with Gasteiger partial charge in [-0.3, -0.25) is 4.79 Å². The zero-order valence-corrected chi connectivity index (χ0v) is 7.64. The minimum Gasteiger partial charge on any atom is -0.489 e. The van der Waals surface area contributed by atoms with Gasteiger partial charge in [-0.15, -0.1) is 0 Å². The van der Waals surface area contributed by atoms with Crippen molar-refractivity contribution in [2.24, 2.45) is 0 Å². The zero-order valence-electron chi connectivity index (χ0n) is 7.64. The number of ketones is 1. The van der Waals surface area contributed by atoms with Crippen LogP contribution in [0.15, 0.2) is 36.4 Å². The minimum absolute atomic E-state index is 0.0323. The molecule has 0 aromatic heterocycles. The molecule has 3 rings (SSSR count). The Morgan fingerprint density at radius 3 is 3.07 bits per heavy atom. The van der Waals surface area contributed by atoms with Crippen LogP contribution < -0.4 is 4.74 Å². The van der Waals surface area contributed by atoms with Gasteiger partial charge in [0.2, 0.25) is 0 Å². The highest BCUT2D eigenvalue weighted by atomic mass is 16.5. The summed E-state index contributed by atoms with van der Waals surface area (Å²) in [4.78, 5) is 11.2. The second-order valence-corrected chi connectivity index (χ2v) is 3.75. The molecule has 1 aliphatic carbocycles. The Labute approximate surface area is 82.2 Å². The fraction of sp³-hybridized carbons (Fsp3) is 0.250. The number of carbonyl (C=O) groups is 1. The number of para-hydroxylation sites is 1. The molecule has 0 amide bonds. The molecule has 0 bridgehead atoms. The van der Waals surface area contributed by atoms with E-state index in [4.69, 9.17) is 4.74 Å². The molecule has 0 spiro atoms. The maximum Gasteiger partial charge on any atom is 0.159 e. The molecule has 1 heterocycles. The predicted octanol–water partition coefficient (Wildman–Crippen LogP) is 2.06. The number of allylic oxidation sites excluding steroid dienone is 1. The van der Waals surface area contributed by atoms with Crippen molar-refractivity contribution >= 4 is 5.78 Å². The first-order valence-corrected chi connectivity index (χ1v) is 4.81. The highest BCUT2D eigenvalue weighted by Gasteiger charge is 2.35. The fourth-order valence-electron chi connectivity index (χ4n) is 2.17. The molecule has 2 heteroatoms. The summed E-state index contributed by atoms with van der Waals surface area (Å²) in [5.74, 6) is 1.38. The smallest absolute Gasteiger partial charge is 0.159 e. The lowest BCUT2D eigenvalue weighted by molar-refractivity contribution is -0.116. The van der Waals surface area contributed by atoms with Gasteiger partial charge in [-0.1, -0.05) is 24.3 Å². The maximum absolute atomic E-state index is 11.2. The molecule has 70 valence electrons.